The molecule has 1 heterocycles. The average Bonchev–Trinajstić information content (AvgIpc) is 2.17. The Balaban J connectivity index is 2.47. The van der Waals surface area contributed by atoms with Gasteiger partial charge in [0.1, 0.15) is 0 Å². The number of hydrogen-bond donors (Lipinski definition) is 2. The molecule has 0 radical (unpaired) electrons. The number of carbonyl (C=O) groups is 1. The topological polar surface area (TPSA) is 58.2 Å². The van der Waals surface area contributed by atoms with Crippen molar-refractivity contribution in [3.05, 3.63) is 0 Å². The van der Waals surface area contributed by atoms with Crippen LogP contribution in [0.3, 0.4) is 0 Å². The van der Waals surface area contributed by atoms with Crippen molar-refractivity contribution in [2.45, 2.75) is 32.7 Å². The van der Waals surface area contributed by atoms with E-state index in [0.29, 0.717) is 5.75 Å². The summed E-state index contributed by atoms with van der Waals surface area (Å²) >= 11 is 0. The second-order valence-electron chi connectivity index (χ2n) is 4.93. The van der Waals surface area contributed by atoms with Gasteiger partial charge in [-0.05, 0) is 32.9 Å². The van der Waals surface area contributed by atoms with Crippen molar-refractivity contribution in [1.29, 1.82) is 0 Å². The van der Waals surface area contributed by atoms with Crippen molar-refractivity contribution in [3.63, 3.8) is 0 Å². The summed E-state index contributed by atoms with van der Waals surface area (Å²) in [5, 5.41) is 6.21. The number of rotatable bonds is 4. The lowest BCUT2D eigenvalue weighted by Crippen LogP contribution is -2.49. The summed E-state index contributed by atoms with van der Waals surface area (Å²) in [4.78, 5) is 12.1. The van der Waals surface area contributed by atoms with E-state index in [4.69, 9.17) is 0 Å². The van der Waals surface area contributed by atoms with E-state index >= 15 is 0 Å². The summed E-state index contributed by atoms with van der Waals surface area (Å²) in [6.07, 6.45) is 3.41. The first kappa shape index (κ1) is 13.6. The number of carbonyl (C=O) groups excluding carboxylic acids is 1. The van der Waals surface area contributed by atoms with Crippen LogP contribution in [0.5, 0.6) is 0 Å². The Morgan fingerprint density at radius 2 is 2.06 bits per heavy atom. The zero-order valence-electron chi connectivity index (χ0n) is 10.3. The lowest BCUT2D eigenvalue weighted by molar-refractivity contribution is -0.132. The molecule has 0 saturated carbocycles. The predicted molar refractivity (Wildman–Crippen MR) is 66.7 cm³/mol. The fourth-order valence-corrected chi connectivity index (χ4v) is 2.78. The van der Waals surface area contributed by atoms with Gasteiger partial charge in [-0.1, -0.05) is 6.92 Å². The summed E-state index contributed by atoms with van der Waals surface area (Å²) in [6.45, 7) is 5.72. The maximum absolute atomic E-state index is 12.1. The molecule has 0 aromatic heterocycles. The van der Waals surface area contributed by atoms with E-state index in [1.54, 1.807) is 6.26 Å². The first-order valence-corrected chi connectivity index (χ1v) is 7.48. The minimum absolute atomic E-state index is 0.00922. The van der Waals surface area contributed by atoms with Crippen LogP contribution in [0.2, 0.25) is 0 Å². The molecule has 5 heteroatoms. The van der Waals surface area contributed by atoms with Gasteiger partial charge in [-0.2, -0.15) is 0 Å². The fourth-order valence-electron chi connectivity index (χ4n) is 2.00. The molecule has 1 aliphatic rings. The van der Waals surface area contributed by atoms with Crippen molar-refractivity contribution in [3.8, 4) is 0 Å². The lowest BCUT2D eigenvalue weighted by atomic mass is 9.80. The Morgan fingerprint density at radius 3 is 2.56 bits per heavy atom. The SMILES string of the molecule is CC(CS(C)=O)NC(=O)C1(C)CCNCC1. The smallest absolute Gasteiger partial charge is 0.226 e. The Labute approximate surface area is 100 Å². The first-order valence-electron chi connectivity index (χ1n) is 5.76. The zero-order chi connectivity index (χ0) is 12.2. The molecule has 94 valence electrons. The summed E-state index contributed by atoms with van der Waals surface area (Å²) < 4.78 is 11.0. The van der Waals surface area contributed by atoms with Crippen molar-refractivity contribution >= 4 is 16.7 Å². The van der Waals surface area contributed by atoms with E-state index in [2.05, 4.69) is 10.6 Å². The molecule has 0 spiro atoms. The highest BCUT2D eigenvalue weighted by Crippen LogP contribution is 2.28. The van der Waals surface area contributed by atoms with Crippen molar-refractivity contribution in [2.75, 3.05) is 25.1 Å². The molecule has 16 heavy (non-hydrogen) atoms. The normalized spacial score (nSPS) is 23.4. The standard InChI is InChI=1S/C11H22N2O2S/c1-9(8-16(3)15)13-10(14)11(2)4-6-12-7-5-11/h9,12H,4-8H2,1-3H3,(H,13,14). The molecule has 2 N–H and O–H groups in total. The maximum Gasteiger partial charge on any atom is 0.226 e. The second-order valence-corrected chi connectivity index (χ2v) is 6.40. The highest BCUT2D eigenvalue weighted by Gasteiger charge is 2.34. The Hall–Kier alpha value is -0.420. The van der Waals surface area contributed by atoms with Gasteiger partial charge in [0.15, 0.2) is 0 Å². The van der Waals surface area contributed by atoms with E-state index in [1.165, 1.54) is 0 Å². The molecule has 1 rings (SSSR count). The van der Waals surface area contributed by atoms with Gasteiger partial charge in [-0.25, -0.2) is 0 Å². The van der Waals surface area contributed by atoms with Crippen LogP contribution < -0.4 is 10.6 Å². The number of amides is 1. The molecule has 0 aromatic carbocycles. The minimum Gasteiger partial charge on any atom is -0.352 e. The monoisotopic (exact) mass is 246 g/mol. The lowest BCUT2D eigenvalue weighted by Gasteiger charge is -2.33. The molecule has 0 aromatic rings. The van der Waals surface area contributed by atoms with E-state index in [1.807, 2.05) is 13.8 Å². The summed E-state index contributed by atoms with van der Waals surface area (Å²) in [7, 11) is -0.858. The molecular formula is C11H22N2O2S. The van der Waals surface area contributed by atoms with Gasteiger partial charge in [0.05, 0.1) is 0 Å². The van der Waals surface area contributed by atoms with Gasteiger partial charge >= 0.3 is 0 Å². The first-order chi connectivity index (χ1) is 7.44. The highest BCUT2D eigenvalue weighted by molar-refractivity contribution is 7.84. The molecule has 2 unspecified atom stereocenters. The van der Waals surface area contributed by atoms with Gasteiger partial charge in [-0.15, -0.1) is 0 Å². The van der Waals surface area contributed by atoms with Crippen LogP contribution in [-0.2, 0) is 15.6 Å². The quantitative estimate of drug-likeness (QED) is 0.748. The molecule has 0 aliphatic carbocycles. The summed E-state index contributed by atoms with van der Waals surface area (Å²) in [5.41, 5.74) is -0.255. The fraction of sp³-hybridized carbons (Fsp3) is 0.909. The molecule has 4 nitrogen and oxygen atoms in total. The average molecular weight is 246 g/mol. The van der Waals surface area contributed by atoms with Gasteiger partial charge in [-0.3, -0.25) is 9.00 Å². The van der Waals surface area contributed by atoms with E-state index in [9.17, 15) is 9.00 Å². The zero-order valence-corrected chi connectivity index (χ0v) is 11.2. The Morgan fingerprint density at radius 1 is 1.50 bits per heavy atom. The largest absolute Gasteiger partial charge is 0.352 e. The predicted octanol–water partition coefficient (Wildman–Crippen LogP) is 0.259. The Bertz CT molecular complexity index is 275. The molecule has 1 aliphatic heterocycles. The minimum atomic E-state index is -0.858. The molecule has 2 atom stereocenters. The van der Waals surface area contributed by atoms with Crippen LogP contribution in [-0.4, -0.2) is 41.3 Å². The summed E-state index contributed by atoms with van der Waals surface area (Å²) in [5.74, 6) is 0.632. The van der Waals surface area contributed by atoms with Crippen LogP contribution in [0.1, 0.15) is 26.7 Å². The van der Waals surface area contributed by atoms with Crippen LogP contribution in [0.25, 0.3) is 0 Å². The van der Waals surface area contributed by atoms with Gasteiger partial charge < -0.3 is 10.6 Å². The molecule has 1 fully saturated rings. The third-order valence-electron chi connectivity index (χ3n) is 3.12. The van der Waals surface area contributed by atoms with Crippen LogP contribution in [0.15, 0.2) is 0 Å². The number of piperidine rings is 1. The van der Waals surface area contributed by atoms with E-state index in [-0.39, 0.29) is 17.4 Å². The van der Waals surface area contributed by atoms with Crippen molar-refractivity contribution in [2.24, 2.45) is 5.41 Å². The highest BCUT2D eigenvalue weighted by atomic mass is 32.2. The second kappa shape index (κ2) is 5.77. The molecular weight excluding hydrogens is 224 g/mol. The van der Waals surface area contributed by atoms with E-state index < -0.39 is 10.8 Å². The molecule has 1 amide bonds. The van der Waals surface area contributed by atoms with E-state index in [0.717, 1.165) is 25.9 Å². The Kier molecular flexibility index (Phi) is 4.92. The van der Waals surface area contributed by atoms with Crippen LogP contribution in [0.4, 0.5) is 0 Å². The third-order valence-corrected chi connectivity index (χ3v) is 4.09. The summed E-state index contributed by atoms with van der Waals surface area (Å²) in [6, 6.07) is -0.00922. The van der Waals surface area contributed by atoms with Crippen molar-refractivity contribution in [1.82, 2.24) is 10.6 Å². The van der Waals surface area contributed by atoms with Crippen LogP contribution in [0, 0.1) is 5.41 Å². The maximum atomic E-state index is 12.1. The number of hydrogen-bond acceptors (Lipinski definition) is 3. The number of nitrogens with one attached hydrogen (secondary N) is 2. The van der Waals surface area contributed by atoms with Gasteiger partial charge in [0.2, 0.25) is 5.91 Å². The van der Waals surface area contributed by atoms with Gasteiger partial charge in [0, 0.05) is 34.3 Å². The third kappa shape index (κ3) is 3.87. The van der Waals surface area contributed by atoms with Gasteiger partial charge in [0.25, 0.3) is 0 Å². The van der Waals surface area contributed by atoms with Crippen molar-refractivity contribution < 1.29 is 9.00 Å². The van der Waals surface area contributed by atoms with Crippen LogP contribution >= 0.6 is 0 Å². The molecule has 1 saturated heterocycles. The molecule has 0 bridgehead atoms.